The van der Waals surface area contributed by atoms with E-state index in [9.17, 15) is 9.59 Å². The lowest BCUT2D eigenvalue weighted by Gasteiger charge is -2.38. The number of hydrogen-bond acceptors (Lipinski definition) is 4. The molecular weight excluding hydrogens is 368 g/mol. The molecule has 3 heterocycles. The number of amides is 3. The van der Waals surface area contributed by atoms with E-state index < -0.39 is 0 Å². The van der Waals surface area contributed by atoms with Crippen molar-refractivity contribution in [2.45, 2.75) is 45.6 Å². The van der Waals surface area contributed by atoms with Crippen LogP contribution in [0.1, 0.15) is 50.5 Å². The molecule has 3 aliphatic rings. The standard InChI is InChI=1S/C22H34N4O3/c1-16-12-17(2)14-26(13-16)21(27)15-24-7-9-25(10-8-24)22(28)23-19-4-3-5-20-18(19)6-11-29-20/h6,11,16-17,19H,3-5,7-10,12-15H2,1-2H3,(H,23,28). The zero-order valence-corrected chi connectivity index (χ0v) is 17.7. The maximum absolute atomic E-state index is 12.7. The van der Waals surface area contributed by atoms with Crippen molar-refractivity contribution in [3.8, 4) is 0 Å². The van der Waals surface area contributed by atoms with Crippen LogP contribution in [0.4, 0.5) is 4.79 Å². The number of furan rings is 1. The molecule has 7 nitrogen and oxygen atoms in total. The summed E-state index contributed by atoms with van der Waals surface area (Å²) in [6.07, 6.45) is 5.87. The Morgan fingerprint density at radius 2 is 1.83 bits per heavy atom. The van der Waals surface area contributed by atoms with E-state index in [0.29, 0.717) is 31.5 Å². The number of fused-ring (bicyclic) bond motifs is 1. The number of piperidine rings is 1. The van der Waals surface area contributed by atoms with Crippen molar-refractivity contribution in [1.82, 2.24) is 20.0 Å². The molecule has 2 saturated heterocycles. The second-order valence-electron chi connectivity index (χ2n) is 9.20. The first kappa shape index (κ1) is 20.3. The number of urea groups is 1. The molecular formula is C22H34N4O3. The Hall–Kier alpha value is -2.02. The lowest BCUT2D eigenvalue weighted by Crippen LogP contribution is -2.55. The third-order valence-electron chi connectivity index (χ3n) is 6.59. The number of carbonyl (C=O) groups is 2. The summed E-state index contributed by atoms with van der Waals surface area (Å²) in [5.74, 6) is 2.40. The van der Waals surface area contributed by atoms with E-state index in [1.807, 2.05) is 15.9 Å². The van der Waals surface area contributed by atoms with E-state index >= 15 is 0 Å². The number of piperazine rings is 1. The first-order chi connectivity index (χ1) is 14.0. The van der Waals surface area contributed by atoms with Crippen LogP contribution in [0.5, 0.6) is 0 Å². The molecule has 3 amide bonds. The number of nitrogens with zero attached hydrogens (tertiary/aromatic N) is 3. The summed E-state index contributed by atoms with van der Waals surface area (Å²) in [5, 5.41) is 3.18. The summed E-state index contributed by atoms with van der Waals surface area (Å²) in [6, 6.07) is 2.02. The van der Waals surface area contributed by atoms with Crippen molar-refractivity contribution in [2.24, 2.45) is 11.8 Å². The van der Waals surface area contributed by atoms with Crippen molar-refractivity contribution in [2.75, 3.05) is 45.8 Å². The van der Waals surface area contributed by atoms with Gasteiger partial charge in [-0.05, 0) is 37.2 Å². The quantitative estimate of drug-likeness (QED) is 0.843. The van der Waals surface area contributed by atoms with Gasteiger partial charge in [-0.15, -0.1) is 0 Å². The Morgan fingerprint density at radius 3 is 2.55 bits per heavy atom. The van der Waals surface area contributed by atoms with Gasteiger partial charge in [0.15, 0.2) is 0 Å². The molecule has 29 heavy (non-hydrogen) atoms. The molecule has 2 aliphatic heterocycles. The highest BCUT2D eigenvalue weighted by atomic mass is 16.3. The highest BCUT2D eigenvalue weighted by Crippen LogP contribution is 2.30. The van der Waals surface area contributed by atoms with Crippen LogP contribution in [0, 0.1) is 11.8 Å². The topological polar surface area (TPSA) is 69.0 Å². The Bertz CT molecular complexity index is 715. The third-order valence-corrected chi connectivity index (χ3v) is 6.59. The highest BCUT2D eigenvalue weighted by Gasteiger charge is 2.30. The molecule has 3 unspecified atom stereocenters. The Balaban J connectivity index is 1.23. The number of likely N-dealkylation sites (tertiary alicyclic amines) is 1. The van der Waals surface area contributed by atoms with Gasteiger partial charge in [-0.25, -0.2) is 4.79 Å². The second-order valence-corrected chi connectivity index (χ2v) is 9.20. The van der Waals surface area contributed by atoms with Crippen LogP contribution in [-0.4, -0.2) is 72.5 Å². The summed E-state index contributed by atoms with van der Waals surface area (Å²) < 4.78 is 5.52. The lowest BCUT2D eigenvalue weighted by molar-refractivity contribution is -0.135. The molecule has 4 rings (SSSR count). The predicted octanol–water partition coefficient (Wildman–Crippen LogP) is 2.49. The Kier molecular flexibility index (Phi) is 6.13. The van der Waals surface area contributed by atoms with Gasteiger partial charge < -0.3 is 19.5 Å². The van der Waals surface area contributed by atoms with Crippen LogP contribution in [0.15, 0.2) is 16.7 Å². The molecule has 0 spiro atoms. The van der Waals surface area contributed by atoms with Gasteiger partial charge in [-0.1, -0.05) is 13.8 Å². The van der Waals surface area contributed by atoms with Gasteiger partial charge in [0.05, 0.1) is 18.8 Å². The predicted molar refractivity (Wildman–Crippen MR) is 110 cm³/mol. The number of aryl methyl sites for hydroxylation is 1. The van der Waals surface area contributed by atoms with E-state index in [1.54, 1.807) is 6.26 Å². The number of carbonyl (C=O) groups excluding carboxylic acids is 2. The maximum Gasteiger partial charge on any atom is 0.317 e. The van der Waals surface area contributed by atoms with Crippen molar-refractivity contribution >= 4 is 11.9 Å². The van der Waals surface area contributed by atoms with Gasteiger partial charge in [0.2, 0.25) is 5.91 Å². The minimum absolute atomic E-state index is 0.00583. The van der Waals surface area contributed by atoms with Crippen LogP contribution >= 0.6 is 0 Å². The minimum atomic E-state index is -0.00583. The van der Waals surface area contributed by atoms with Crippen molar-refractivity contribution in [3.63, 3.8) is 0 Å². The molecule has 0 bridgehead atoms. The molecule has 1 N–H and O–H groups in total. The third kappa shape index (κ3) is 4.77. The Labute approximate surface area is 173 Å². The fourth-order valence-electron chi connectivity index (χ4n) is 5.14. The van der Waals surface area contributed by atoms with Crippen LogP contribution in [0.3, 0.4) is 0 Å². The number of hydrogen-bond donors (Lipinski definition) is 1. The lowest BCUT2D eigenvalue weighted by atomic mass is 9.92. The molecule has 1 aromatic rings. The van der Waals surface area contributed by atoms with Gasteiger partial charge in [0.25, 0.3) is 0 Å². The fraction of sp³-hybridized carbons (Fsp3) is 0.727. The molecule has 0 saturated carbocycles. The van der Waals surface area contributed by atoms with Gasteiger partial charge in [0, 0.05) is 51.3 Å². The smallest absolute Gasteiger partial charge is 0.317 e. The van der Waals surface area contributed by atoms with Crippen LogP contribution in [0.25, 0.3) is 0 Å². The molecule has 2 fully saturated rings. The van der Waals surface area contributed by atoms with Crippen LogP contribution in [-0.2, 0) is 11.2 Å². The first-order valence-corrected chi connectivity index (χ1v) is 11.1. The zero-order valence-electron chi connectivity index (χ0n) is 17.7. The van der Waals surface area contributed by atoms with Crippen molar-refractivity contribution in [3.05, 3.63) is 23.7 Å². The summed E-state index contributed by atoms with van der Waals surface area (Å²) in [4.78, 5) is 31.5. The fourth-order valence-corrected chi connectivity index (χ4v) is 5.14. The van der Waals surface area contributed by atoms with Gasteiger partial charge in [-0.3, -0.25) is 9.69 Å². The van der Waals surface area contributed by atoms with Gasteiger partial charge in [0.1, 0.15) is 5.76 Å². The number of nitrogens with one attached hydrogen (secondary N) is 1. The highest BCUT2D eigenvalue weighted by molar-refractivity contribution is 5.78. The monoisotopic (exact) mass is 402 g/mol. The van der Waals surface area contributed by atoms with Crippen molar-refractivity contribution < 1.29 is 14.0 Å². The molecule has 0 radical (unpaired) electrons. The first-order valence-electron chi connectivity index (χ1n) is 11.1. The van der Waals surface area contributed by atoms with E-state index in [1.165, 1.54) is 6.42 Å². The SMILES string of the molecule is CC1CC(C)CN(C(=O)CN2CCN(C(=O)NC3CCCc4occc43)CC2)C1. The van der Waals surface area contributed by atoms with Gasteiger partial charge >= 0.3 is 6.03 Å². The molecule has 1 aromatic heterocycles. The summed E-state index contributed by atoms with van der Waals surface area (Å²) in [5.41, 5.74) is 1.12. The zero-order chi connectivity index (χ0) is 20.4. The molecule has 3 atom stereocenters. The summed E-state index contributed by atoms with van der Waals surface area (Å²) in [6.45, 7) is 9.51. The van der Waals surface area contributed by atoms with E-state index in [-0.39, 0.29) is 18.0 Å². The molecule has 0 aromatic carbocycles. The molecule has 1 aliphatic carbocycles. The summed E-state index contributed by atoms with van der Waals surface area (Å²) in [7, 11) is 0. The molecule has 160 valence electrons. The molecule has 7 heteroatoms. The second kappa shape index (κ2) is 8.78. The normalized spacial score (nSPS) is 28.1. The summed E-state index contributed by atoms with van der Waals surface area (Å²) >= 11 is 0. The van der Waals surface area contributed by atoms with Crippen molar-refractivity contribution in [1.29, 1.82) is 0 Å². The number of rotatable bonds is 3. The maximum atomic E-state index is 12.7. The van der Waals surface area contributed by atoms with Gasteiger partial charge in [-0.2, -0.15) is 0 Å². The average Bonchev–Trinajstić information content (AvgIpc) is 3.17. The van der Waals surface area contributed by atoms with Crippen LogP contribution < -0.4 is 5.32 Å². The Morgan fingerprint density at radius 1 is 1.10 bits per heavy atom. The van der Waals surface area contributed by atoms with E-state index in [0.717, 1.165) is 56.8 Å². The van der Waals surface area contributed by atoms with E-state index in [2.05, 4.69) is 24.1 Å². The minimum Gasteiger partial charge on any atom is -0.469 e. The van der Waals surface area contributed by atoms with E-state index in [4.69, 9.17) is 4.42 Å². The average molecular weight is 403 g/mol. The largest absolute Gasteiger partial charge is 0.469 e. The van der Waals surface area contributed by atoms with Crippen LogP contribution in [0.2, 0.25) is 0 Å².